The molecule has 0 fully saturated rings. The third kappa shape index (κ3) is 2.66. The van der Waals surface area contributed by atoms with E-state index in [1.807, 2.05) is 22.9 Å². The van der Waals surface area contributed by atoms with Gasteiger partial charge in [0.1, 0.15) is 0 Å². The second-order valence-electron chi connectivity index (χ2n) is 5.34. The molecule has 1 aromatic heterocycles. The normalized spacial score (nSPS) is 12.8. The third-order valence-corrected chi connectivity index (χ3v) is 4.11. The van der Waals surface area contributed by atoms with Crippen LogP contribution in [0.2, 0.25) is 0 Å². The van der Waals surface area contributed by atoms with Gasteiger partial charge in [0.15, 0.2) is 5.82 Å². The first-order valence-electron chi connectivity index (χ1n) is 7.22. The molecule has 5 heteroatoms. The van der Waals surface area contributed by atoms with Crippen molar-refractivity contribution in [3.63, 3.8) is 0 Å². The number of nitrogens with two attached hydrogens (primary N) is 1. The zero-order chi connectivity index (χ0) is 14.7. The number of hydrogen-bond acceptors (Lipinski definition) is 4. The van der Waals surface area contributed by atoms with Crippen molar-refractivity contribution >= 4 is 5.69 Å². The molecule has 0 aliphatic rings. The molecule has 5 nitrogen and oxygen atoms in total. The molecule has 2 N–H and O–H groups in total. The average molecular weight is 273 g/mol. The molecule has 20 heavy (non-hydrogen) atoms. The van der Waals surface area contributed by atoms with E-state index in [-0.39, 0.29) is 6.04 Å². The smallest absolute Gasteiger partial charge is 0.182 e. The van der Waals surface area contributed by atoms with E-state index in [2.05, 4.69) is 43.2 Å². The van der Waals surface area contributed by atoms with E-state index in [0.29, 0.717) is 5.92 Å². The Morgan fingerprint density at radius 2 is 1.95 bits per heavy atom. The van der Waals surface area contributed by atoms with Crippen molar-refractivity contribution in [1.29, 1.82) is 0 Å². The molecule has 0 aliphatic heterocycles. The lowest BCUT2D eigenvalue weighted by Gasteiger charge is -2.22. The first-order valence-corrected chi connectivity index (χ1v) is 7.22. The molecule has 1 unspecified atom stereocenters. The van der Waals surface area contributed by atoms with E-state index < -0.39 is 0 Å². The number of hydrogen-bond donors (Lipinski definition) is 1. The summed E-state index contributed by atoms with van der Waals surface area (Å²) in [5.41, 5.74) is 8.76. The lowest BCUT2D eigenvalue weighted by molar-refractivity contribution is 0.309. The Bertz CT molecular complexity index is 571. The van der Waals surface area contributed by atoms with Crippen molar-refractivity contribution in [2.75, 3.05) is 5.73 Å². The number of nitrogens with zero attached hydrogens (tertiary/aromatic N) is 4. The molecule has 2 aromatic rings. The van der Waals surface area contributed by atoms with Crippen molar-refractivity contribution in [3.05, 3.63) is 23.8 Å². The predicted molar refractivity (Wildman–Crippen MR) is 81.2 cm³/mol. The summed E-state index contributed by atoms with van der Waals surface area (Å²) in [7, 11) is 0. The maximum absolute atomic E-state index is 5.89. The Labute approximate surface area is 120 Å². The largest absolute Gasteiger partial charge is 0.399 e. The molecule has 0 aliphatic carbocycles. The van der Waals surface area contributed by atoms with E-state index >= 15 is 0 Å². The Kier molecular flexibility index (Phi) is 4.37. The van der Waals surface area contributed by atoms with Gasteiger partial charge in [0, 0.05) is 11.3 Å². The molecule has 0 bridgehead atoms. The fourth-order valence-corrected chi connectivity index (χ4v) is 2.70. The maximum atomic E-state index is 5.89. The molecule has 108 valence electrons. The van der Waals surface area contributed by atoms with E-state index in [1.54, 1.807) is 0 Å². The molecule has 0 amide bonds. The minimum Gasteiger partial charge on any atom is -0.399 e. The number of aryl methyl sites for hydroxylation is 1. The Hall–Kier alpha value is -1.91. The van der Waals surface area contributed by atoms with Gasteiger partial charge in [-0.3, -0.25) is 0 Å². The van der Waals surface area contributed by atoms with Gasteiger partial charge in [-0.25, -0.2) is 4.68 Å². The summed E-state index contributed by atoms with van der Waals surface area (Å²) in [5, 5.41) is 12.3. The molecule has 2 rings (SSSR count). The van der Waals surface area contributed by atoms with Gasteiger partial charge in [-0.15, -0.1) is 5.10 Å². The average Bonchev–Trinajstić information content (AvgIpc) is 2.91. The van der Waals surface area contributed by atoms with Crippen molar-refractivity contribution in [1.82, 2.24) is 20.2 Å². The van der Waals surface area contributed by atoms with E-state index in [0.717, 1.165) is 35.5 Å². The molecule has 0 saturated heterocycles. The number of aromatic nitrogens is 4. The van der Waals surface area contributed by atoms with Gasteiger partial charge in [0.25, 0.3) is 0 Å². The van der Waals surface area contributed by atoms with Crippen LogP contribution >= 0.6 is 0 Å². The van der Waals surface area contributed by atoms with Gasteiger partial charge < -0.3 is 5.73 Å². The fraction of sp³-hybridized carbons (Fsp3) is 0.533. The number of nitrogen functional groups attached to an aromatic ring is 1. The molecule has 1 atom stereocenters. The predicted octanol–water partition coefficient (Wildman–Crippen LogP) is 3.23. The van der Waals surface area contributed by atoms with Crippen LogP contribution in [0.25, 0.3) is 11.4 Å². The molecule has 0 spiro atoms. The lowest BCUT2D eigenvalue weighted by Crippen LogP contribution is -2.18. The van der Waals surface area contributed by atoms with Crippen molar-refractivity contribution in [3.8, 4) is 11.4 Å². The topological polar surface area (TPSA) is 69.6 Å². The standard InChI is InChI=1S/C15H23N5/c1-5-12(6-2)11(4)20-15(17-18-19-20)14-9-13(16)8-7-10(14)3/h7-9,11-12H,5-6,16H2,1-4H3. The van der Waals surface area contributed by atoms with Crippen LogP contribution in [0, 0.1) is 12.8 Å². The summed E-state index contributed by atoms with van der Waals surface area (Å²) in [6.45, 7) is 8.65. The molecule has 1 aromatic carbocycles. The van der Waals surface area contributed by atoms with Crippen LogP contribution in [0.1, 0.15) is 45.2 Å². The minimum absolute atomic E-state index is 0.274. The highest BCUT2D eigenvalue weighted by atomic mass is 15.5. The zero-order valence-electron chi connectivity index (χ0n) is 12.7. The van der Waals surface area contributed by atoms with Crippen molar-refractivity contribution in [2.24, 2.45) is 5.92 Å². The Balaban J connectivity index is 2.45. The molecule has 0 radical (unpaired) electrons. The number of benzene rings is 1. The van der Waals surface area contributed by atoms with Crippen molar-refractivity contribution < 1.29 is 0 Å². The van der Waals surface area contributed by atoms with Crippen molar-refractivity contribution in [2.45, 2.75) is 46.6 Å². The first-order chi connectivity index (χ1) is 9.58. The minimum atomic E-state index is 0.274. The van der Waals surface area contributed by atoms with E-state index in [4.69, 9.17) is 5.73 Å². The maximum Gasteiger partial charge on any atom is 0.182 e. The zero-order valence-corrected chi connectivity index (χ0v) is 12.7. The quantitative estimate of drug-likeness (QED) is 0.849. The van der Waals surface area contributed by atoms with Crippen LogP contribution in [-0.2, 0) is 0 Å². The summed E-state index contributed by atoms with van der Waals surface area (Å²) >= 11 is 0. The summed E-state index contributed by atoms with van der Waals surface area (Å²) in [4.78, 5) is 0. The van der Waals surface area contributed by atoms with Gasteiger partial charge in [-0.1, -0.05) is 32.8 Å². The summed E-state index contributed by atoms with van der Waals surface area (Å²) in [5.74, 6) is 1.37. The monoisotopic (exact) mass is 273 g/mol. The van der Waals surface area contributed by atoms with Crippen LogP contribution in [-0.4, -0.2) is 20.2 Å². The van der Waals surface area contributed by atoms with Gasteiger partial charge in [0.2, 0.25) is 0 Å². The Morgan fingerprint density at radius 3 is 2.60 bits per heavy atom. The SMILES string of the molecule is CCC(CC)C(C)n1nnnc1-c1cc(N)ccc1C. The first kappa shape index (κ1) is 14.5. The second kappa shape index (κ2) is 6.03. The molecule has 1 heterocycles. The molecular formula is C15H23N5. The third-order valence-electron chi connectivity index (χ3n) is 4.11. The van der Waals surface area contributed by atoms with E-state index in [1.165, 1.54) is 0 Å². The number of anilines is 1. The summed E-state index contributed by atoms with van der Waals surface area (Å²) in [6.07, 6.45) is 2.24. The van der Waals surface area contributed by atoms with Crippen LogP contribution in [0.15, 0.2) is 18.2 Å². The number of rotatable bonds is 5. The van der Waals surface area contributed by atoms with Gasteiger partial charge in [0.05, 0.1) is 6.04 Å². The highest BCUT2D eigenvalue weighted by Gasteiger charge is 2.21. The highest BCUT2D eigenvalue weighted by Crippen LogP contribution is 2.29. The fourth-order valence-electron chi connectivity index (χ4n) is 2.70. The van der Waals surface area contributed by atoms with Gasteiger partial charge in [-0.05, 0) is 47.9 Å². The number of tetrazole rings is 1. The van der Waals surface area contributed by atoms with Crippen LogP contribution in [0.5, 0.6) is 0 Å². The second-order valence-corrected chi connectivity index (χ2v) is 5.34. The van der Waals surface area contributed by atoms with Crippen LogP contribution < -0.4 is 5.73 Å². The molecule has 0 saturated carbocycles. The highest BCUT2D eigenvalue weighted by molar-refractivity contribution is 5.65. The Morgan fingerprint density at radius 1 is 1.25 bits per heavy atom. The lowest BCUT2D eigenvalue weighted by atomic mass is 9.95. The van der Waals surface area contributed by atoms with E-state index in [9.17, 15) is 0 Å². The summed E-state index contributed by atoms with van der Waals surface area (Å²) < 4.78 is 1.93. The van der Waals surface area contributed by atoms with Crippen LogP contribution in [0.4, 0.5) is 5.69 Å². The van der Waals surface area contributed by atoms with Crippen LogP contribution in [0.3, 0.4) is 0 Å². The van der Waals surface area contributed by atoms with Gasteiger partial charge in [-0.2, -0.15) is 0 Å². The molecular weight excluding hydrogens is 250 g/mol. The van der Waals surface area contributed by atoms with Gasteiger partial charge >= 0.3 is 0 Å². The summed E-state index contributed by atoms with van der Waals surface area (Å²) in [6, 6.07) is 6.12.